The van der Waals surface area contributed by atoms with E-state index in [1.807, 2.05) is 38.1 Å². The number of nitrogens with zero attached hydrogens (tertiary/aromatic N) is 3. The van der Waals surface area contributed by atoms with E-state index in [4.69, 9.17) is 9.72 Å². The van der Waals surface area contributed by atoms with E-state index in [1.165, 1.54) is 4.90 Å². The summed E-state index contributed by atoms with van der Waals surface area (Å²) in [5.74, 6) is 0.846. The third kappa shape index (κ3) is 7.87. The zero-order chi connectivity index (χ0) is 26.6. The summed E-state index contributed by atoms with van der Waals surface area (Å²) >= 11 is 0. The molecule has 0 bridgehead atoms. The van der Waals surface area contributed by atoms with Crippen LogP contribution in [0, 0.1) is 12.8 Å². The molecule has 12 heteroatoms. The van der Waals surface area contributed by atoms with Gasteiger partial charge in [-0.25, -0.2) is 9.78 Å². The summed E-state index contributed by atoms with van der Waals surface area (Å²) in [6.07, 6.45) is -4.75. The van der Waals surface area contributed by atoms with Crippen molar-refractivity contribution < 1.29 is 27.8 Å². The normalized spacial score (nSPS) is 18.6. The van der Waals surface area contributed by atoms with Gasteiger partial charge in [0.15, 0.2) is 0 Å². The molecule has 0 saturated carbocycles. The largest absolute Gasteiger partial charge is 0.394 e. The molecule has 0 aliphatic carbocycles. The number of rotatable bonds is 7. The Bertz CT molecular complexity index is 1100. The number of likely N-dealkylation sites (tertiary alicyclic amines) is 1. The van der Waals surface area contributed by atoms with Crippen LogP contribution in [0.1, 0.15) is 25.3 Å². The minimum atomic E-state index is -4.23. The first-order chi connectivity index (χ1) is 17.6. The Balaban J connectivity index is 0.00000400. The van der Waals surface area contributed by atoms with Crippen molar-refractivity contribution in [3.63, 3.8) is 0 Å². The second kappa shape index (κ2) is 12.9. The summed E-state index contributed by atoms with van der Waals surface area (Å²) in [6.45, 7) is 6.84. The number of anilines is 3. The first-order valence-electron chi connectivity index (χ1n) is 12.6. The average molecular weight is 558 g/mol. The lowest BCUT2D eigenvalue weighted by atomic mass is 10.00. The summed E-state index contributed by atoms with van der Waals surface area (Å²) in [7, 11) is 0. The van der Waals surface area contributed by atoms with E-state index in [0.29, 0.717) is 50.8 Å². The number of carbonyl (C=O) groups is 1. The van der Waals surface area contributed by atoms with E-state index in [-0.39, 0.29) is 31.6 Å². The van der Waals surface area contributed by atoms with Crippen molar-refractivity contribution in [2.45, 2.75) is 38.9 Å². The number of nitrogens with one attached hydrogen (secondary N) is 2. The first kappa shape index (κ1) is 29.8. The van der Waals surface area contributed by atoms with Crippen molar-refractivity contribution in [3.8, 4) is 11.1 Å². The van der Waals surface area contributed by atoms with Crippen LogP contribution in [-0.4, -0.2) is 79.2 Å². The summed E-state index contributed by atoms with van der Waals surface area (Å²) in [5.41, 5.74) is 3.34. The third-order valence-corrected chi connectivity index (χ3v) is 6.71. The predicted octanol–water partition coefficient (Wildman–Crippen LogP) is 4.91. The Hall–Kier alpha value is -2.76. The molecule has 0 radical (unpaired) electrons. The monoisotopic (exact) mass is 557 g/mol. The van der Waals surface area contributed by atoms with Gasteiger partial charge in [-0.2, -0.15) is 13.2 Å². The Morgan fingerprint density at radius 2 is 1.95 bits per heavy atom. The number of morpholine rings is 1. The molecular formula is C26H35ClF3N5O3. The Labute approximate surface area is 227 Å². The van der Waals surface area contributed by atoms with Gasteiger partial charge >= 0.3 is 12.2 Å². The quantitative estimate of drug-likeness (QED) is 0.448. The zero-order valence-electron chi connectivity index (χ0n) is 21.6. The number of alkyl halides is 3. The molecule has 1 aromatic carbocycles. The van der Waals surface area contributed by atoms with E-state index < -0.39 is 24.5 Å². The van der Waals surface area contributed by atoms with E-state index in [0.717, 1.165) is 22.5 Å². The minimum absolute atomic E-state index is 0. The lowest BCUT2D eigenvalue weighted by molar-refractivity contribution is -0.143. The summed E-state index contributed by atoms with van der Waals surface area (Å²) in [6, 6.07) is 8.88. The molecule has 3 heterocycles. The van der Waals surface area contributed by atoms with Crippen LogP contribution < -0.4 is 15.5 Å². The topological polar surface area (TPSA) is 90.0 Å². The number of pyridine rings is 1. The first-order valence-corrected chi connectivity index (χ1v) is 12.6. The SMILES string of the molecule is Cc1ccc(NC(=O)N2CC[C@@H](CC(F)(F)F)C2)cc1-c1cc(N[C@H](C)CO)nc(N2CCOCC2)c1.Cl. The van der Waals surface area contributed by atoms with Crippen LogP contribution in [0.4, 0.5) is 35.3 Å². The molecule has 210 valence electrons. The Kier molecular flexibility index (Phi) is 10.1. The number of carbonyl (C=O) groups excluding carboxylic acids is 1. The summed E-state index contributed by atoms with van der Waals surface area (Å²) in [4.78, 5) is 21.1. The average Bonchev–Trinajstić information content (AvgIpc) is 3.32. The number of benzene rings is 1. The number of hydrogen-bond acceptors (Lipinski definition) is 6. The smallest absolute Gasteiger partial charge is 0.389 e. The number of aromatic nitrogens is 1. The Morgan fingerprint density at radius 3 is 2.63 bits per heavy atom. The number of amides is 2. The maximum atomic E-state index is 12.8. The van der Waals surface area contributed by atoms with Crippen molar-refractivity contribution in [1.82, 2.24) is 9.88 Å². The fraction of sp³-hybridized carbons (Fsp3) is 0.538. The van der Waals surface area contributed by atoms with Gasteiger partial charge in [0.05, 0.1) is 19.8 Å². The number of urea groups is 1. The standard InChI is InChI=1S/C26H34F3N5O3.ClH/c1-17-3-4-21(31-25(36)34-6-5-19(15-34)14-26(27,28)29)13-22(17)20-11-23(30-18(2)16-35)32-24(12-20)33-7-9-37-10-8-33;/h3-4,11-13,18-19,35H,5-10,14-16H2,1-2H3,(H,30,32)(H,31,36);1H/t18-,19+;/m1./s1. The molecule has 2 fully saturated rings. The third-order valence-electron chi connectivity index (χ3n) is 6.71. The molecule has 3 N–H and O–H groups in total. The fourth-order valence-corrected chi connectivity index (χ4v) is 4.72. The van der Waals surface area contributed by atoms with E-state index in [2.05, 4.69) is 15.5 Å². The second-order valence-electron chi connectivity index (χ2n) is 9.81. The Morgan fingerprint density at radius 1 is 1.21 bits per heavy atom. The van der Waals surface area contributed by atoms with Crippen molar-refractivity contribution in [3.05, 3.63) is 35.9 Å². The molecule has 2 atom stereocenters. The van der Waals surface area contributed by atoms with Crippen molar-refractivity contribution >= 4 is 35.8 Å². The molecular weight excluding hydrogens is 523 g/mol. The molecule has 2 amide bonds. The van der Waals surface area contributed by atoms with Crippen LogP contribution in [0.5, 0.6) is 0 Å². The number of aryl methyl sites for hydroxylation is 1. The number of halogens is 4. The molecule has 0 unspecified atom stereocenters. The lowest BCUT2D eigenvalue weighted by Gasteiger charge is -2.29. The van der Waals surface area contributed by atoms with Crippen LogP contribution in [0.15, 0.2) is 30.3 Å². The highest BCUT2D eigenvalue weighted by Crippen LogP contribution is 2.33. The number of aliphatic hydroxyl groups is 1. The number of hydrogen-bond donors (Lipinski definition) is 3. The molecule has 0 spiro atoms. The molecule has 2 aliphatic heterocycles. The van der Waals surface area contributed by atoms with Gasteiger partial charge in [-0.1, -0.05) is 6.07 Å². The number of ether oxygens (including phenoxy) is 1. The summed E-state index contributed by atoms with van der Waals surface area (Å²) < 4.78 is 43.7. The molecule has 38 heavy (non-hydrogen) atoms. The van der Waals surface area contributed by atoms with Crippen LogP contribution in [-0.2, 0) is 4.74 Å². The highest BCUT2D eigenvalue weighted by molar-refractivity contribution is 5.91. The molecule has 4 rings (SSSR count). The van der Waals surface area contributed by atoms with Crippen molar-refractivity contribution in [1.29, 1.82) is 0 Å². The van der Waals surface area contributed by atoms with Gasteiger partial charge in [0.25, 0.3) is 0 Å². The van der Waals surface area contributed by atoms with E-state index in [9.17, 15) is 23.1 Å². The van der Waals surface area contributed by atoms with Crippen LogP contribution in [0.25, 0.3) is 11.1 Å². The highest BCUT2D eigenvalue weighted by Gasteiger charge is 2.36. The minimum Gasteiger partial charge on any atom is -0.394 e. The predicted molar refractivity (Wildman–Crippen MR) is 144 cm³/mol. The van der Waals surface area contributed by atoms with Gasteiger partial charge in [-0.15, -0.1) is 12.4 Å². The van der Waals surface area contributed by atoms with Gasteiger partial charge in [0.1, 0.15) is 11.6 Å². The lowest BCUT2D eigenvalue weighted by Crippen LogP contribution is -2.37. The molecule has 2 aliphatic rings. The second-order valence-corrected chi connectivity index (χ2v) is 9.81. The van der Waals surface area contributed by atoms with Gasteiger partial charge < -0.3 is 30.3 Å². The van der Waals surface area contributed by atoms with Crippen molar-refractivity contribution in [2.75, 3.05) is 61.5 Å². The maximum Gasteiger partial charge on any atom is 0.389 e. The zero-order valence-corrected chi connectivity index (χ0v) is 22.4. The highest BCUT2D eigenvalue weighted by atomic mass is 35.5. The van der Waals surface area contributed by atoms with E-state index in [1.54, 1.807) is 6.07 Å². The van der Waals surface area contributed by atoms with Gasteiger partial charge in [-0.05, 0) is 67.1 Å². The van der Waals surface area contributed by atoms with Gasteiger partial charge in [0.2, 0.25) is 0 Å². The summed E-state index contributed by atoms with van der Waals surface area (Å²) in [5, 5.41) is 15.6. The fourth-order valence-electron chi connectivity index (χ4n) is 4.72. The van der Waals surface area contributed by atoms with Crippen molar-refractivity contribution in [2.24, 2.45) is 5.92 Å². The number of aliphatic hydroxyl groups excluding tert-OH is 1. The molecule has 1 aromatic heterocycles. The van der Waals surface area contributed by atoms with E-state index >= 15 is 0 Å². The molecule has 2 saturated heterocycles. The molecule has 2 aromatic rings. The van der Waals surface area contributed by atoms with Gasteiger partial charge in [-0.3, -0.25) is 0 Å². The van der Waals surface area contributed by atoms with Crippen LogP contribution in [0.2, 0.25) is 0 Å². The van der Waals surface area contributed by atoms with Gasteiger partial charge in [0, 0.05) is 44.3 Å². The molecule has 8 nitrogen and oxygen atoms in total. The van der Waals surface area contributed by atoms with Crippen LogP contribution in [0.3, 0.4) is 0 Å². The maximum absolute atomic E-state index is 12.8. The van der Waals surface area contributed by atoms with Crippen LogP contribution >= 0.6 is 12.4 Å².